The fraction of sp³-hybridized carbons (Fsp3) is 0.800. The number of nitrogens with zero attached hydrogens (tertiary/aromatic N) is 1. The number of carboxylic acid groups (broad SMARTS) is 1. The Morgan fingerprint density at radius 1 is 0.912 bits per heavy atom. The topological polar surface area (TPSA) is 95.0 Å². The fourth-order valence-electron chi connectivity index (χ4n) is 6.86. The van der Waals surface area contributed by atoms with Crippen molar-refractivity contribution in [2.45, 2.75) is 214 Å². The number of carbonyl (C=O) groups excluding carboxylic acids is 1. The first kappa shape index (κ1) is 51.9. The van der Waals surface area contributed by atoms with E-state index in [9.17, 15) is 14.7 Å². The van der Waals surface area contributed by atoms with Crippen molar-refractivity contribution >= 4 is 54.1 Å². The maximum Gasteiger partial charge on any atom is 0.305 e. The molecule has 57 heavy (non-hydrogen) atoms. The van der Waals surface area contributed by atoms with Crippen LogP contribution >= 0.6 is 11.3 Å². The van der Waals surface area contributed by atoms with E-state index in [1.54, 1.807) is 0 Å². The molecule has 0 amide bonds. The van der Waals surface area contributed by atoms with E-state index < -0.39 is 54.5 Å². The Kier molecular flexibility index (Phi) is 17.8. The van der Waals surface area contributed by atoms with Crippen molar-refractivity contribution in [3.05, 3.63) is 33.6 Å². The Balaban J connectivity index is 2.36. The van der Waals surface area contributed by atoms with Crippen LogP contribution in [-0.2, 0) is 22.9 Å². The lowest BCUT2D eigenvalue weighted by atomic mass is 9.58. The smallest absolute Gasteiger partial charge is 0.305 e. The molecule has 1 aliphatic carbocycles. The van der Waals surface area contributed by atoms with E-state index in [0.717, 1.165) is 30.7 Å². The summed E-state index contributed by atoms with van der Waals surface area (Å²) in [5.74, 6) is -1.46. The van der Waals surface area contributed by atoms with Crippen LogP contribution in [0, 0.1) is 24.2 Å². The molecule has 1 fully saturated rings. The molecule has 0 radical (unpaired) electrons. The van der Waals surface area contributed by atoms with Gasteiger partial charge in [-0.1, -0.05) is 94.2 Å². The molecule has 1 aliphatic rings. The number of Topliss-reactive ketones (excluding diaryl/α,β-unsaturated/α-hetero) is 1. The summed E-state index contributed by atoms with van der Waals surface area (Å²) in [6.45, 7) is 41.0. The number of halogens is 1. The van der Waals surface area contributed by atoms with Gasteiger partial charge in [-0.05, 0) is 119 Å². The maximum atomic E-state index is 15.9. The predicted octanol–water partition coefficient (Wildman–Crippen LogP) is 13.9. The first-order chi connectivity index (χ1) is 25.7. The van der Waals surface area contributed by atoms with E-state index in [1.807, 2.05) is 19.2 Å². The largest absolute Gasteiger partial charge is 0.481 e. The zero-order valence-electron chi connectivity index (χ0n) is 39.5. The Hall–Kier alpha value is -1.29. The first-order valence-electron chi connectivity index (χ1n) is 21.4. The van der Waals surface area contributed by atoms with Crippen molar-refractivity contribution in [2.24, 2.45) is 17.3 Å². The van der Waals surface area contributed by atoms with Gasteiger partial charge in [0.2, 0.25) is 0 Å². The van der Waals surface area contributed by atoms with E-state index in [1.165, 1.54) is 23.0 Å². The summed E-state index contributed by atoms with van der Waals surface area (Å²) in [5, 5.41) is 12.6. The molecule has 2 rings (SSSR count). The predicted molar refractivity (Wildman–Crippen MR) is 246 cm³/mol. The summed E-state index contributed by atoms with van der Waals surface area (Å²) < 4.78 is 36.6. The van der Waals surface area contributed by atoms with Gasteiger partial charge in [0.1, 0.15) is 17.7 Å². The summed E-state index contributed by atoms with van der Waals surface area (Å²) in [6.07, 6.45) is 7.04. The number of carboxylic acids is 1. The molecule has 0 aliphatic heterocycles. The summed E-state index contributed by atoms with van der Waals surface area (Å²) in [5.41, 5.74) is 0.980. The lowest BCUT2D eigenvalue weighted by Crippen LogP contribution is -2.58. The van der Waals surface area contributed by atoms with Crippen molar-refractivity contribution in [2.75, 3.05) is 0 Å². The van der Waals surface area contributed by atoms with Crippen molar-refractivity contribution in [1.82, 2.24) is 4.98 Å². The summed E-state index contributed by atoms with van der Waals surface area (Å²) in [6, 6.07) is 0. The van der Waals surface area contributed by atoms with E-state index in [4.69, 9.17) is 13.3 Å². The standard InChI is InChI=1S/C45H82FNO6SSi3/c1-31(24-25-37(51-55(14,15)42(5,6)7)36(46)28-35-30-54-34(4)47-35)22-20-23-32(2)40(53-57(18,19)44(11,12)13)33(3)41(50)45(26-21-27-45)38(29-39(48)49)52-56(16,17)43(8,9)10/h24,28,30,32-33,37-38,40H,20-23,25-27,29H2,1-19H3,(H,48,49)/b31-24+,36-28-/t32-,33+,37-,38-,40-/m0/s1. The quantitative estimate of drug-likeness (QED) is 0.0971. The SMILES string of the molecule is C/C(=C\C[C@H](O[Si](C)(C)C(C)(C)C)/C(F)=C/c1csc(C)n1)CCC[C@H](C)[C@H](O[Si](C)(C)C(C)(C)C)[C@@H](C)C(=O)C1([C@H](CC(=O)O)O[Si](C)(C)C(C)(C)C)CCC1. The molecule has 1 aromatic heterocycles. The zero-order valence-corrected chi connectivity index (χ0v) is 43.3. The van der Waals surface area contributed by atoms with Gasteiger partial charge >= 0.3 is 5.97 Å². The van der Waals surface area contributed by atoms with E-state index in [2.05, 4.69) is 127 Å². The average molecular weight is 868 g/mol. The van der Waals surface area contributed by atoms with Crippen LogP contribution in [0.15, 0.2) is 22.9 Å². The number of aryl methyl sites for hydroxylation is 1. The van der Waals surface area contributed by atoms with Crippen LogP contribution in [0.1, 0.15) is 145 Å². The van der Waals surface area contributed by atoms with Gasteiger partial charge in [0.25, 0.3) is 0 Å². The lowest BCUT2D eigenvalue weighted by molar-refractivity contribution is -0.156. The molecule has 12 heteroatoms. The molecule has 0 aromatic carbocycles. The van der Waals surface area contributed by atoms with Crippen LogP contribution in [0.4, 0.5) is 4.39 Å². The van der Waals surface area contributed by atoms with Crippen molar-refractivity contribution in [3.63, 3.8) is 0 Å². The van der Waals surface area contributed by atoms with Gasteiger partial charge in [0, 0.05) is 11.3 Å². The number of aliphatic carboxylic acids is 1. The van der Waals surface area contributed by atoms with Crippen LogP contribution < -0.4 is 0 Å². The second-order valence-electron chi connectivity index (χ2n) is 21.8. The number of thiazole rings is 1. The Morgan fingerprint density at radius 2 is 1.42 bits per heavy atom. The van der Waals surface area contributed by atoms with E-state index in [0.29, 0.717) is 25.0 Å². The minimum atomic E-state index is -2.38. The van der Waals surface area contributed by atoms with Crippen molar-refractivity contribution in [1.29, 1.82) is 0 Å². The molecule has 0 unspecified atom stereocenters. The summed E-state index contributed by atoms with van der Waals surface area (Å²) in [4.78, 5) is 31.7. The fourth-order valence-corrected chi connectivity index (χ4v) is 11.6. The molecule has 328 valence electrons. The molecular weight excluding hydrogens is 786 g/mol. The van der Waals surface area contributed by atoms with Crippen LogP contribution in [-0.4, -0.2) is 65.1 Å². The molecule has 5 atom stereocenters. The zero-order chi connectivity index (χ0) is 44.2. The van der Waals surface area contributed by atoms with Gasteiger partial charge in [-0.3, -0.25) is 9.59 Å². The van der Waals surface area contributed by atoms with Gasteiger partial charge in [-0.15, -0.1) is 11.3 Å². The number of ketones is 1. The molecule has 1 N–H and O–H groups in total. The molecule has 0 spiro atoms. The van der Waals surface area contributed by atoms with Crippen molar-refractivity contribution < 1.29 is 32.4 Å². The third-order valence-corrected chi connectivity index (χ3v) is 28.3. The molecule has 1 heterocycles. The van der Waals surface area contributed by atoms with Crippen LogP contribution in [0.2, 0.25) is 54.4 Å². The highest BCUT2D eigenvalue weighted by Gasteiger charge is 2.56. The molecule has 0 saturated heterocycles. The van der Waals surface area contributed by atoms with Crippen molar-refractivity contribution in [3.8, 4) is 0 Å². The third-order valence-electron chi connectivity index (χ3n) is 14.0. The first-order valence-corrected chi connectivity index (χ1v) is 31.0. The highest BCUT2D eigenvalue weighted by atomic mass is 32.1. The highest BCUT2D eigenvalue weighted by Crippen LogP contribution is 2.52. The third kappa shape index (κ3) is 13.9. The summed E-state index contributed by atoms with van der Waals surface area (Å²) >= 11 is 1.51. The number of aromatic nitrogens is 1. The summed E-state index contributed by atoms with van der Waals surface area (Å²) in [7, 11) is -6.96. The highest BCUT2D eigenvalue weighted by molar-refractivity contribution is 7.09. The number of rotatable bonds is 21. The van der Waals surface area contributed by atoms with E-state index in [-0.39, 0.29) is 45.2 Å². The Bertz CT molecular complexity index is 1560. The minimum Gasteiger partial charge on any atom is -0.481 e. The van der Waals surface area contributed by atoms with E-state index >= 15 is 4.39 Å². The number of carbonyl (C=O) groups is 2. The Labute approximate surface area is 354 Å². The number of hydrogen-bond acceptors (Lipinski definition) is 7. The molecular formula is C45H82FNO6SSi3. The van der Waals surface area contributed by atoms with Gasteiger partial charge in [0.05, 0.1) is 34.7 Å². The second-order valence-corrected chi connectivity index (χ2v) is 37.1. The second kappa shape index (κ2) is 19.6. The van der Waals surface area contributed by atoms with Gasteiger partial charge < -0.3 is 18.4 Å². The average Bonchev–Trinajstić information content (AvgIpc) is 3.42. The van der Waals surface area contributed by atoms with Gasteiger partial charge in [-0.25, -0.2) is 9.37 Å². The Morgan fingerprint density at radius 3 is 1.86 bits per heavy atom. The van der Waals surface area contributed by atoms with Crippen LogP contribution in [0.25, 0.3) is 6.08 Å². The minimum absolute atomic E-state index is 0.0520. The molecule has 1 aromatic rings. The number of allylic oxidation sites excluding steroid dienone is 1. The van der Waals surface area contributed by atoms with Crippen LogP contribution in [0.5, 0.6) is 0 Å². The number of hydrogen-bond donors (Lipinski definition) is 1. The monoisotopic (exact) mass is 868 g/mol. The molecule has 7 nitrogen and oxygen atoms in total. The molecule has 1 saturated carbocycles. The van der Waals surface area contributed by atoms with Crippen LogP contribution in [0.3, 0.4) is 0 Å². The van der Waals surface area contributed by atoms with Gasteiger partial charge in [-0.2, -0.15) is 0 Å². The lowest BCUT2D eigenvalue weighted by Gasteiger charge is -2.52. The maximum absolute atomic E-state index is 15.9. The van der Waals surface area contributed by atoms with Gasteiger partial charge in [0.15, 0.2) is 25.0 Å². The normalized spacial score (nSPS) is 19.1. The molecule has 0 bridgehead atoms.